The average molecular weight is 326 g/mol. The lowest BCUT2D eigenvalue weighted by atomic mass is 10.1. The Hall–Kier alpha value is -1.01. The van der Waals surface area contributed by atoms with Gasteiger partial charge in [-0.1, -0.05) is 29.0 Å². The quantitative estimate of drug-likeness (QED) is 0.756. The highest BCUT2D eigenvalue weighted by atomic mass is 35.5. The number of hydrogen-bond donors (Lipinski definition) is 1. The van der Waals surface area contributed by atoms with Crippen LogP contribution in [-0.2, 0) is 11.2 Å². The van der Waals surface area contributed by atoms with E-state index >= 15 is 0 Å². The SMILES string of the molecule is COCCNCCCc1nnc(-c2ccc(Cl)c(C)c2)s1. The molecule has 0 amide bonds. The third-order valence-electron chi connectivity index (χ3n) is 3.10. The maximum absolute atomic E-state index is 6.05. The molecule has 0 atom stereocenters. The van der Waals surface area contributed by atoms with Crippen molar-refractivity contribution in [3.63, 3.8) is 0 Å². The molecule has 114 valence electrons. The summed E-state index contributed by atoms with van der Waals surface area (Å²) >= 11 is 7.70. The molecule has 1 aromatic heterocycles. The summed E-state index contributed by atoms with van der Waals surface area (Å²) < 4.78 is 4.98. The highest BCUT2D eigenvalue weighted by molar-refractivity contribution is 7.14. The van der Waals surface area contributed by atoms with Gasteiger partial charge >= 0.3 is 0 Å². The largest absolute Gasteiger partial charge is 0.383 e. The molecule has 4 nitrogen and oxygen atoms in total. The molecule has 0 saturated carbocycles. The number of methoxy groups -OCH3 is 1. The molecule has 2 aromatic rings. The predicted molar refractivity (Wildman–Crippen MR) is 88.2 cm³/mol. The van der Waals surface area contributed by atoms with Gasteiger partial charge in [0.2, 0.25) is 0 Å². The summed E-state index contributed by atoms with van der Waals surface area (Å²) in [5.74, 6) is 0. The summed E-state index contributed by atoms with van der Waals surface area (Å²) in [5.41, 5.74) is 2.15. The number of ether oxygens (including phenoxy) is 1. The summed E-state index contributed by atoms with van der Waals surface area (Å²) in [7, 11) is 1.71. The van der Waals surface area contributed by atoms with E-state index in [1.54, 1.807) is 18.4 Å². The minimum absolute atomic E-state index is 0.749. The van der Waals surface area contributed by atoms with Gasteiger partial charge in [-0.3, -0.25) is 0 Å². The standard InChI is InChI=1S/C15H20ClN3OS/c1-11-10-12(5-6-13(11)16)15-19-18-14(21-15)4-3-7-17-8-9-20-2/h5-6,10,17H,3-4,7-9H2,1-2H3. The van der Waals surface area contributed by atoms with Crippen LogP contribution in [0.5, 0.6) is 0 Å². The molecule has 0 unspecified atom stereocenters. The third-order valence-corrected chi connectivity index (χ3v) is 4.56. The van der Waals surface area contributed by atoms with E-state index in [0.717, 1.165) is 58.7 Å². The molecular weight excluding hydrogens is 306 g/mol. The van der Waals surface area contributed by atoms with Gasteiger partial charge in [0, 0.05) is 30.7 Å². The third kappa shape index (κ3) is 5.04. The van der Waals surface area contributed by atoms with Crippen molar-refractivity contribution in [3.05, 3.63) is 33.8 Å². The zero-order valence-corrected chi connectivity index (χ0v) is 13.9. The van der Waals surface area contributed by atoms with E-state index in [1.165, 1.54) is 0 Å². The Bertz CT molecular complexity index is 574. The first kappa shape index (κ1) is 16.4. The zero-order valence-electron chi connectivity index (χ0n) is 12.4. The van der Waals surface area contributed by atoms with Crippen molar-refractivity contribution in [2.24, 2.45) is 0 Å². The molecule has 0 aliphatic heterocycles. The van der Waals surface area contributed by atoms with Crippen molar-refractivity contribution in [2.75, 3.05) is 26.8 Å². The van der Waals surface area contributed by atoms with E-state index in [1.807, 2.05) is 19.1 Å². The predicted octanol–water partition coefficient (Wildman–Crippen LogP) is 3.34. The van der Waals surface area contributed by atoms with Crippen LogP contribution >= 0.6 is 22.9 Å². The van der Waals surface area contributed by atoms with Crippen molar-refractivity contribution >= 4 is 22.9 Å². The molecule has 1 heterocycles. The van der Waals surface area contributed by atoms with Gasteiger partial charge in [0.25, 0.3) is 0 Å². The number of rotatable bonds is 8. The molecule has 0 aliphatic carbocycles. The van der Waals surface area contributed by atoms with Gasteiger partial charge in [-0.25, -0.2) is 0 Å². The Kier molecular flexibility index (Phi) is 6.57. The van der Waals surface area contributed by atoms with Gasteiger partial charge in [0.15, 0.2) is 0 Å². The van der Waals surface area contributed by atoms with Crippen molar-refractivity contribution < 1.29 is 4.74 Å². The van der Waals surface area contributed by atoms with Gasteiger partial charge in [-0.05, 0) is 37.6 Å². The fraction of sp³-hybridized carbons (Fsp3) is 0.467. The van der Waals surface area contributed by atoms with Crippen LogP contribution in [0.4, 0.5) is 0 Å². The lowest BCUT2D eigenvalue weighted by Crippen LogP contribution is -2.20. The number of aryl methyl sites for hydroxylation is 2. The van der Waals surface area contributed by atoms with E-state index in [4.69, 9.17) is 16.3 Å². The van der Waals surface area contributed by atoms with Crippen LogP contribution in [0.2, 0.25) is 5.02 Å². The van der Waals surface area contributed by atoms with Crippen LogP contribution in [0.1, 0.15) is 17.0 Å². The first-order chi connectivity index (χ1) is 10.2. The smallest absolute Gasteiger partial charge is 0.147 e. The van der Waals surface area contributed by atoms with Crippen LogP contribution in [0, 0.1) is 6.92 Å². The fourth-order valence-electron chi connectivity index (χ4n) is 1.91. The number of benzene rings is 1. The molecule has 0 aliphatic rings. The van der Waals surface area contributed by atoms with Crippen LogP contribution in [0.25, 0.3) is 10.6 Å². The first-order valence-corrected chi connectivity index (χ1v) is 8.18. The summed E-state index contributed by atoms with van der Waals surface area (Å²) in [6, 6.07) is 5.96. The summed E-state index contributed by atoms with van der Waals surface area (Å²) in [4.78, 5) is 0. The van der Waals surface area contributed by atoms with E-state index in [0.29, 0.717) is 0 Å². The minimum Gasteiger partial charge on any atom is -0.383 e. The van der Waals surface area contributed by atoms with E-state index in [-0.39, 0.29) is 0 Å². The normalized spacial score (nSPS) is 11.0. The molecule has 0 fully saturated rings. The van der Waals surface area contributed by atoms with Gasteiger partial charge in [-0.15, -0.1) is 10.2 Å². The lowest BCUT2D eigenvalue weighted by molar-refractivity contribution is 0.199. The molecule has 0 bridgehead atoms. The topological polar surface area (TPSA) is 47.0 Å². The molecule has 1 aromatic carbocycles. The number of nitrogens with zero attached hydrogens (tertiary/aromatic N) is 2. The van der Waals surface area contributed by atoms with Gasteiger partial charge < -0.3 is 10.1 Å². The number of halogens is 1. The fourth-order valence-corrected chi connectivity index (χ4v) is 2.91. The van der Waals surface area contributed by atoms with E-state index in [9.17, 15) is 0 Å². The Morgan fingerprint density at radius 2 is 2.14 bits per heavy atom. The van der Waals surface area contributed by atoms with Crippen molar-refractivity contribution in [1.29, 1.82) is 0 Å². The molecule has 6 heteroatoms. The maximum Gasteiger partial charge on any atom is 0.147 e. The number of nitrogens with one attached hydrogen (secondary N) is 1. The van der Waals surface area contributed by atoms with Crippen LogP contribution in [0.15, 0.2) is 18.2 Å². The second kappa shape index (κ2) is 8.44. The molecule has 2 rings (SSSR count). The molecule has 0 saturated heterocycles. The number of aromatic nitrogens is 2. The first-order valence-electron chi connectivity index (χ1n) is 6.99. The second-order valence-corrected chi connectivity index (χ2v) is 6.28. The van der Waals surface area contributed by atoms with Crippen LogP contribution in [-0.4, -0.2) is 37.0 Å². The van der Waals surface area contributed by atoms with Crippen molar-refractivity contribution in [3.8, 4) is 10.6 Å². The van der Waals surface area contributed by atoms with Crippen molar-refractivity contribution in [2.45, 2.75) is 19.8 Å². The van der Waals surface area contributed by atoms with Crippen LogP contribution in [0.3, 0.4) is 0 Å². The summed E-state index contributed by atoms with van der Waals surface area (Å²) in [5, 5.41) is 14.7. The average Bonchev–Trinajstić information content (AvgIpc) is 2.94. The summed E-state index contributed by atoms with van der Waals surface area (Å²) in [6.45, 7) is 4.61. The molecular formula is C15H20ClN3OS. The van der Waals surface area contributed by atoms with Gasteiger partial charge in [-0.2, -0.15) is 0 Å². The highest BCUT2D eigenvalue weighted by Crippen LogP contribution is 2.27. The van der Waals surface area contributed by atoms with E-state index < -0.39 is 0 Å². The Labute approximate surface area is 134 Å². The maximum atomic E-state index is 6.05. The van der Waals surface area contributed by atoms with Gasteiger partial charge in [0.1, 0.15) is 10.0 Å². The molecule has 0 radical (unpaired) electrons. The minimum atomic E-state index is 0.749. The van der Waals surface area contributed by atoms with Crippen molar-refractivity contribution in [1.82, 2.24) is 15.5 Å². The Morgan fingerprint density at radius 1 is 1.29 bits per heavy atom. The Balaban J connectivity index is 1.85. The van der Waals surface area contributed by atoms with Gasteiger partial charge in [0.05, 0.1) is 6.61 Å². The highest BCUT2D eigenvalue weighted by Gasteiger charge is 2.07. The lowest BCUT2D eigenvalue weighted by Gasteiger charge is -2.02. The second-order valence-electron chi connectivity index (χ2n) is 4.81. The molecule has 1 N–H and O–H groups in total. The molecule has 21 heavy (non-hydrogen) atoms. The summed E-state index contributed by atoms with van der Waals surface area (Å²) in [6.07, 6.45) is 2.00. The van der Waals surface area contributed by atoms with Crippen LogP contribution < -0.4 is 5.32 Å². The zero-order chi connectivity index (χ0) is 15.1. The van der Waals surface area contributed by atoms with E-state index in [2.05, 4.69) is 21.6 Å². The number of hydrogen-bond acceptors (Lipinski definition) is 5. The molecule has 0 spiro atoms. The monoisotopic (exact) mass is 325 g/mol. The Morgan fingerprint density at radius 3 is 2.90 bits per heavy atom.